The van der Waals surface area contributed by atoms with Crippen LogP contribution in [0.15, 0.2) is 11.0 Å². The van der Waals surface area contributed by atoms with Crippen LogP contribution >= 0.6 is 0 Å². The third kappa shape index (κ3) is 1.50. The number of carbonyl (C=O) groups is 2. The molecule has 0 unspecified atom stereocenters. The molecular formula is C17H18N2O5. The van der Waals surface area contributed by atoms with Crippen LogP contribution in [0.4, 0.5) is 0 Å². The highest BCUT2D eigenvalue weighted by atomic mass is 16.5. The van der Waals surface area contributed by atoms with E-state index in [-0.39, 0.29) is 29.0 Å². The van der Waals surface area contributed by atoms with E-state index in [0.717, 1.165) is 12.3 Å². The lowest BCUT2D eigenvalue weighted by atomic mass is 9.94. The summed E-state index contributed by atoms with van der Waals surface area (Å²) in [6.45, 7) is 0.603. The molecule has 126 valence electrons. The molecule has 5 rings (SSSR count). The summed E-state index contributed by atoms with van der Waals surface area (Å²) in [5, 5.41) is 0. The predicted octanol–water partition coefficient (Wildman–Crippen LogP) is 0.506. The van der Waals surface area contributed by atoms with Gasteiger partial charge in [0.25, 0.3) is 5.91 Å². The van der Waals surface area contributed by atoms with Crippen LogP contribution in [0.1, 0.15) is 33.7 Å². The zero-order valence-electron chi connectivity index (χ0n) is 13.5. The lowest BCUT2D eigenvalue weighted by Crippen LogP contribution is -2.53. The molecule has 3 fully saturated rings. The van der Waals surface area contributed by atoms with E-state index in [0.29, 0.717) is 24.4 Å². The Morgan fingerprint density at radius 1 is 1.12 bits per heavy atom. The molecule has 3 heterocycles. The Bertz CT molecular complexity index is 844. The minimum absolute atomic E-state index is 0.0588. The number of methoxy groups -OCH3 is 2. The number of rotatable bonds is 2. The first-order valence-electron chi connectivity index (χ1n) is 8.29. The largest absolute Gasteiger partial charge is 0.491 e. The molecule has 7 nitrogen and oxygen atoms in total. The fourth-order valence-electron chi connectivity index (χ4n) is 5.31. The molecule has 2 aliphatic heterocycles. The number of nitrogens with zero attached hydrogens (tertiary/aromatic N) is 2. The highest BCUT2D eigenvalue weighted by Crippen LogP contribution is 2.64. The number of fused-ring (bicyclic) bond motifs is 9. The van der Waals surface area contributed by atoms with E-state index in [4.69, 9.17) is 9.47 Å². The lowest BCUT2D eigenvalue weighted by Gasteiger charge is -2.40. The van der Waals surface area contributed by atoms with Crippen molar-refractivity contribution in [3.8, 4) is 5.75 Å². The number of aromatic nitrogens is 1. The van der Waals surface area contributed by atoms with E-state index in [1.807, 2.05) is 4.90 Å². The quantitative estimate of drug-likeness (QED) is 0.738. The van der Waals surface area contributed by atoms with Gasteiger partial charge in [-0.2, -0.15) is 0 Å². The maximum atomic E-state index is 13.1. The molecule has 0 spiro atoms. The zero-order valence-corrected chi connectivity index (χ0v) is 13.5. The van der Waals surface area contributed by atoms with Crippen LogP contribution in [0.25, 0.3) is 0 Å². The highest BCUT2D eigenvalue weighted by Gasteiger charge is 2.66. The van der Waals surface area contributed by atoms with Crippen LogP contribution in [0.3, 0.4) is 0 Å². The molecule has 0 N–H and O–H groups in total. The summed E-state index contributed by atoms with van der Waals surface area (Å²) in [6.07, 6.45) is 3.74. The summed E-state index contributed by atoms with van der Waals surface area (Å²) in [7, 11) is 2.58. The molecule has 24 heavy (non-hydrogen) atoms. The van der Waals surface area contributed by atoms with E-state index in [1.54, 1.807) is 4.57 Å². The van der Waals surface area contributed by atoms with Gasteiger partial charge in [0.1, 0.15) is 5.56 Å². The Labute approximate surface area is 138 Å². The van der Waals surface area contributed by atoms with E-state index < -0.39 is 11.4 Å². The second kappa shape index (κ2) is 4.40. The van der Waals surface area contributed by atoms with E-state index in [2.05, 4.69) is 0 Å². The first kappa shape index (κ1) is 14.1. The molecule has 0 aromatic carbocycles. The lowest BCUT2D eigenvalue weighted by molar-refractivity contribution is 0.0460. The highest BCUT2D eigenvalue weighted by molar-refractivity contribution is 5.98. The van der Waals surface area contributed by atoms with E-state index >= 15 is 0 Å². The van der Waals surface area contributed by atoms with E-state index in [1.165, 1.54) is 26.8 Å². The number of hydrogen-bond acceptors (Lipinski definition) is 5. The molecule has 1 aromatic rings. The van der Waals surface area contributed by atoms with Gasteiger partial charge >= 0.3 is 5.97 Å². The van der Waals surface area contributed by atoms with Crippen LogP contribution in [0.5, 0.6) is 5.75 Å². The summed E-state index contributed by atoms with van der Waals surface area (Å²) >= 11 is 0. The van der Waals surface area contributed by atoms with Gasteiger partial charge in [0.2, 0.25) is 5.43 Å². The monoisotopic (exact) mass is 330 g/mol. The first-order valence-corrected chi connectivity index (χ1v) is 8.29. The van der Waals surface area contributed by atoms with Gasteiger partial charge in [0, 0.05) is 18.8 Å². The summed E-state index contributed by atoms with van der Waals surface area (Å²) in [6, 6.07) is 0.475. The van der Waals surface area contributed by atoms with Gasteiger partial charge in [0.15, 0.2) is 11.4 Å². The maximum absolute atomic E-state index is 13.1. The van der Waals surface area contributed by atoms with Crippen molar-refractivity contribution in [1.29, 1.82) is 0 Å². The number of pyridine rings is 1. The number of carbonyl (C=O) groups excluding carboxylic acids is 2. The van der Waals surface area contributed by atoms with Crippen molar-refractivity contribution in [3.05, 3.63) is 27.7 Å². The van der Waals surface area contributed by atoms with Crippen molar-refractivity contribution in [2.24, 2.45) is 17.8 Å². The van der Waals surface area contributed by atoms with Crippen LogP contribution < -0.4 is 10.2 Å². The van der Waals surface area contributed by atoms with Gasteiger partial charge in [-0.1, -0.05) is 0 Å². The predicted molar refractivity (Wildman–Crippen MR) is 82.0 cm³/mol. The van der Waals surface area contributed by atoms with Crippen LogP contribution in [0.2, 0.25) is 0 Å². The molecule has 0 radical (unpaired) electrons. The minimum Gasteiger partial charge on any atom is -0.491 e. The molecule has 5 atom stereocenters. The third-order valence-corrected chi connectivity index (χ3v) is 6.33. The molecule has 2 bridgehead atoms. The molecule has 1 aromatic heterocycles. The topological polar surface area (TPSA) is 77.8 Å². The summed E-state index contributed by atoms with van der Waals surface area (Å²) in [5.41, 5.74) is -0.418. The van der Waals surface area contributed by atoms with Crippen LogP contribution in [-0.4, -0.2) is 47.6 Å². The first-order chi connectivity index (χ1) is 11.6. The average molecular weight is 330 g/mol. The minimum atomic E-state index is -0.710. The number of piperidine rings is 1. The molecule has 4 aliphatic rings. The van der Waals surface area contributed by atoms with Gasteiger partial charge in [-0.15, -0.1) is 0 Å². The van der Waals surface area contributed by atoms with Crippen molar-refractivity contribution in [2.45, 2.75) is 31.5 Å². The average Bonchev–Trinajstić information content (AvgIpc) is 3.20. The molecule has 2 saturated carbocycles. The molecule has 2 aliphatic carbocycles. The molecule has 7 heteroatoms. The van der Waals surface area contributed by atoms with Crippen molar-refractivity contribution < 1.29 is 19.1 Å². The third-order valence-electron chi connectivity index (χ3n) is 6.33. The van der Waals surface area contributed by atoms with Gasteiger partial charge in [0.05, 0.1) is 20.3 Å². The van der Waals surface area contributed by atoms with Crippen molar-refractivity contribution in [1.82, 2.24) is 9.47 Å². The zero-order chi connectivity index (χ0) is 16.7. The Hall–Kier alpha value is -2.31. The maximum Gasteiger partial charge on any atom is 0.343 e. The van der Waals surface area contributed by atoms with Gasteiger partial charge < -0.3 is 18.9 Å². The van der Waals surface area contributed by atoms with Gasteiger partial charge in [-0.05, 0) is 30.6 Å². The van der Waals surface area contributed by atoms with E-state index in [9.17, 15) is 14.4 Å². The summed E-state index contributed by atoms with van der Waals surface area (Å²) in [4.78, 5) is 39.5. The number of amides is 1. The molecule has 1 saturated heterocycles. The summed E-state index contributed by atoms with van der Waals surface area (Å²) in [5.74, 6) is 1.04. The number of esters is 1. The Morgan fingerprint density at radius 3 is 2.58 bits per heavy atom. The van der Waals surface area contributed by atoms with Crippen molar-refractivity contribution in [2.75, 3.05) is 14.2 Å². The van der Waals surface area contributed by atoms with Gasteiger partial charge in [-0.25, -0.2) is 4.79 Å². The van der Waals surface area contributed by atoms with Crippen LogP contribution in [-0.2, 0) is 11.3 Å². The second-order valence-corrected chi connectivity index (χ2v) is 7.21. The molecule has 1 amide bonds. The smallest absolute Gasteiger partial charge is 0.343 e. The Kier molecular flexibility index (Phi) is 2.58. The standard InChI is InChI=1S/C17H18N2O5/c1-23-15-13-16(21)19-11-4-9(7-3-8(7)11)12(19)6-18(13)5-10(14(15)20)17(22)24-2/h5,7-9,11-12H,3-4,6H2,1-2H3/t7-,8+,9-,11+,12-/m1/s1. The molecular weight excluding hydrogens is 312 g/mol. The normalized spacial score (nSPS) is 34.5. The number of hydrogen-bond donors (Lipinski definition) is 0. The fourth-order valence-corrected chi connectivity index (χ4v) is 5.31. The Balaban J connectivity index is 1.68. The fraction of sp³-hybridized carbons (Fsp3) is 0.588. The SMILES string of the molecule is COC(=O)c1cn2c(c(OC)c1=O)C(=O)N1[C@H](C2)[C@@H]2C[C@H]1[C@H]1C[C@@H]21. The van der Waals surface area contributed by atoms with Gasteiger partial charge in [-0.3, -0.25) is 9.59 Å². The summed E-state index contributed by atoms with van der Waals surface area (Å²) < 4.78 is 11.6. The van der Waals surface area contributed by atoms with Crippen molar-refractivity contribution in [3.63, 3.8) is 0 Å². The number of ether oxygens (including phenoxy) is 2. The van der Waals surface area contributed by atoms with Crippen molar-refractivity contribution >= 4 is 11.9 Å². The Morgan fingerprint density at radius 2 is 1.88 bits per heavy atom. The second-order valence-electron chi connectivity index (χ2n) is 7.21. The van der Waals surface area contributed by atoms with Crippen LogP contribution in [0, 0.1) is 17.8 Å².